The summed E-state index contributed by atoms with van der Waals surface area (Å²) in [6.07, 6.45) is 0.802. The Labute approximate surface area is 99.7 Å². The van der Waals surface area contributed by atoms with E-state index in [0.29, 0.717) is 16.7 Å². The molecule has 0 atom stereocenters. The average Bonchev–Trinajstić information content (AvgIpc) is 2.41. The van der Waals surface area contributed by atoms with Crippen LogP contribution in [0.25, 0.3) is 0 Å². The highest BCUT2D eigenvalue weighted by Crippen LogP contribution is 2.14. The molecule has 0 unspecified atom stereocenters. The highest BCUT2D eigenvalue weighted by Gasteiger charge is 2.16. The van der Waals surface area contributed by atoms with Gasteiger partial charge in [-0.25, -0.2) is 0 Å². The van der Waals surface area contributed by atoms with Crippen LogP contribution < -0.4 is 5.56 Å². The number of nitrogens with zero attached hydrogens (tertiary/aromatic N) is 1. The number of alkyl halides is 2. The van der Waals surface area contributed by atoms with Gasteiger partial charge >= 0.3 is 0 Å². The second-order valence-electron chi connectivity index (χ2n) is 3.53. The van der Waals surface area contributed by atoms with Gasteiger partial charge in [-0.3, -0.25) is 4.79 Å². The topological polar surface area (TPSA) is 35.1 Å². The summed E-state index contributed by atoms with van der Waals surface area (Å²) in [4.78, 5) is 11.6. The quantitative estimate of drug-likeness (QED) is 0.797. The van der Waals surface area contributed by atoms with Crippen molar-refractivity contribution in [1.82, 2.24) is 4.74 Å². The van der Waals surface area contributed by atoms with Gasteiger partial charge in [0, 0.05) is 11.8 Å². The summed E-state index contributed by atoms with van der Waals surface area (Å²) in [5.74, 6) is 1.28. The van der Waals surface area contributed by atoms with E-state index < -0.39 is 0 Å². The Balaban J connectivity index is 3.09. The number of rotatable bonds is 4. The Kier molecular flexibility index (Phi) is 4.44. The molecule has 0 fully saturated rings. The highest BCUT2D eigenvalue weighted by atomic mass is 79.9. The summed E-state index contributed by atoms with van der Waals surface area (Å²) in [7, 11) is 0. The van der Waals surface area contributed by atoms with Crippen molar-refractivity contribution in [3.8, 4) is 0 Å². The molecule has 0 bridgehead atoms. The molecule has 14 heavy (non-hydrogen) atoms. The van der Waals surface area contributed by atoms with E-state index in [9.17, 15) is 4.79 Å². The van der Waals surface area contributed by atoms with Gasteiger partial charge in [0.15, 0.2) is 0 Å². The first-order chi connectivity index (χ1) is 6.60. The van der Waals surface area contributed by atoms with Crippen LogP contribution in [0.15, 0.2) is 9.32 Å². The molecule has 0 saturated heterocycles. The van der Waals surface area contributed by atoms with Crippen molar-refractivity contribution in [3.05, 3.63) is 21.7 Å². The summed E-state index contributed by atoms with van der Waals surface area (Å²) in [6.45, 7) is 4.20. The van der Waals surface area contributed by atoms with E-state index in [1.165, 1.54) is 4.74 Å². The van der Waals surface area contributed by atoms with E-state index in [1.54, 1.807) is 0 Å². The molecule has 0 aromatic carbocycles. The van der Waals surface area contributed by atoms with Crippen molar-refractivity contribution in [3.63, 3.8) is 0 Å². The molecule has 0 amide bonds. The van der Waals surface area contributed by atoms with Gasteiger partial charge in [-0.05, 0) is 5.92 Å². The molecule has 3 nitrogen and oxygen atoms in total. The van der Waals surface area contributed by atoms with Crippen LogP contribution in [0, 0.1) is 5.92 Å². The summed E-state index contributed by atoms with van der Waals surface area (Å²) in [6, 6.07) is 0. The number of hydrogen-bond donors (Lipinski definition) is 0. The fourth-order valence-electron chi connectivity index (χ4n) is 1.24. The van der Waals surface area contributed by atoms with Crippen LogP contribution in [0.2, 0.25) is 0 Å². The molecule has 1 aromatic rings. The predicted molar refractivity (Wildman–Crippen MR) is 63.1 cm³/mol. The normalized spacial score (nSPS) is 11.2. The van der Waals surface area contributed by atoms with E-state index in [-0.39, 0.29) is 5.56 Å². The number of hydrogen-bond acceptors (Lipinski definition) is 2. The van der Waals surface area contributed by atoms with E-state index in [2.05, 4.69) is 45.7 Å². The molecule has 0 spiro atoms. The monoisotopic (exact) mass is 325 g/mol. The lowest BCUT2D eigenvalue weighted by Gasteiger charge is -2.00. The van der Waals surface area contributed by atoms with Crippen LogP contribution in [0.5, 0.6) is 0 Å². The van der Waals surface area contributed by atoms with Crippen LogP contribution in [0.1, 0.15) is 25.2 Å². The standard InChI is InChI=1S/C9H13Br2NO2/c1-6(2)3-8-7(4-10)9(13)12(5-11)14-8/h6H,3-5H2,1-2H3. The zero-order chi connectivity index (χ0) is 10.7. The predicted octanol–water partition coefficient (Wildman–Crippen LogP) is 2.89. The van der Waals surface area contributed by atoms with Gasteiger partial charge < -0.3 is 4.52 Å². The SMILES string of the molecule is CC(C)Cc1on(CBr)c(=O)c1CBr. The molecule has 0 aliphatic carbocycles. The Morgan fingerprint density at radius 2 is 2.07 bits per heavy atom. The van der Waals surface area contributed by atoms with Gasteiger partial charge in [0.25, 0.3) is 5.56 Å². The maximum atomic E-state index is 11.6. The molecule has 0 aliphatic rings. The lowest BCUT2D eigenvalue weighted by Crippen LogP contribution is -2.14. The largest absolute Gasteiger partial charge is 0.380 e. The molecule has 0 N–H and O–H groups in total. The molecule has 5 heteroatoms. The molecule has 80 valence electrons. The first-order valence-electron chi connectivity index (χ1n) is 4.44. The lowest BCUT2D eigenvalue weighted by atomic mass is 10.1. The summed E-state index contributed by atoms with van der Waals surface area (Å²) in [5.41, 5.74) is 1.09. The minimum atomic E-state index is -0.0469. The van der Waals surface area contributed by atoms with E-state index in [0.717, 1.165) is 17.7 Å². The van der Waals surface area contributed by atoms with Gasteiger partial charge in [0.1, 0.15) is 11.2 Å². The molecular weight excluding hydrogens is 314 g/mol. The molecule has 1 rings (SSSR count). The maximum Gasteiger partial charge on any atom is 0.287 e. The third-order valence-corrected chi connectivity index (χ3v) is 2.89. The fourth-order valence-corrected chi connectivity index (χ4v) is 2.12. The minimum absolute atomic E-state index is 0.0469. The summed E-state index contributed by atoms with van der Waals surface area (Å²) in [5, 5.41) is 0.553. The zero-order valence-electron chi connectivity index (χ0n) is 8.22. The van der Waals surface area contributed by atoms with E-state index >= 15 is 0 Å². The van der Waals surface area contributed by atoms with Crippen LogP contribution in [-0.4, -0.2) is 4.74 Å². The van der Waals surface area contributed by atoms with Crippen molar-refractivity contribution >= 4 is 31.9 Å². The molecule has 1 aromatic heterocycles. The fraction of sp³-hybridized carbons (Fsp3) is 0.667. The first kappa shape index (κ1) is 12.0. The zero-order valence-corrected chi connectivity index (χ0v) is 11.4. The Bertz CT molecular complexity index is 354. The van der Waals surface area contributed by atoms with Crippen molar-refractivity contribution in [2.24, 2.45) is 5.92 Å². The maximum absolute atomic E-state index is 11.6. The first-order valence-corrected chi connectivity index (χ1v) is 6.68. The van der Waals surface area contributed by atoms with Crippen molar-refractivity contribution in [1.29, 1.82) is 0 Å². The number of halogens is 2. The van der Waals surface area contributed by atoms with Gasteiger partial charge in [0.2, 0.25) is 0 Å². The average molecular weight is 327 g/mol. The third-order valence-electron chi connectivity index (χ3n) is 1.88. The van der Waals surface area contributed by atoms with Crippen molar-refractivity contribution in [2.45, 2.75) is 31.1 Å². The second kappa shape index (κ2) is 5.16. The Hall–Kier alpha value is -0.0300. The number of aromatic nitrogens is 1. The molecule has 0 radical (unpaired) electrons. The second-order valence-corrected chi connectivity index (χ2v) is 4.59. The van der Waals surface area contributed by atoms with Crippen molar-refractivity contribution < 1.29 is 4.52 Å². The van der Waals surface area contributed by atoms with E-state index in [4.69, 9.17) is 4.52 Å². The van der Waals surface area contributed by atoms with Crippen LogP contribution in [-0.2, 0) is 17.2 Å². The molecular formula is C9H13Br2NO2. The van der Waals surface area contributed by atoms with Gasteiger partial charge in [0.05, 0.1) is 5.56 Å². The van der Waals surface area contributed by atoms with Gasteiger partial charge in [-0.2, -0.15) is 4.74 Å². The molecule has 0 aliphatic heterocycles. The summed E-state index contributed by atoms with van der Waals surface area (Å²) >= 11 is 6.51. The van der Waals surface area contributed by atoms with Crippen LogP contribution in [0.3, 0.4) is 0 Å². The smallest absolute Gasteiger partial charge is 0.287 e. The van der Waals surface area contributed by atoms with Gasteiger partial charge in [-0.15, -0.1) is 0 Å². The van der Waals surface area contributed by atoms with Gasteiger partial charge in [-0.1, -0.05) is 45.7 Å². The minimum Gasteiger partial charge on any atom is -0.380 e. The van der Waals surface area contributed by atoms with Crippen LogP contribution in [0.4, 0.5) is 0 Å². The third kappa shape index (κ3) is 2.51. The van der Waals surface area contributed by atoms with E-state index in [1.807, 2.05) is 0 Å². The Morgan fingerprint density at radius 3 is 2.50 bits per heavy atom. The summed E-state index contributed by atoms with van der Waals surface area (Å²) < 4.78 is 6.75. The Morgan fingerprint density at radius 1 is 1.43 bits per heavy atom. The highest BCUT2D eigenvalue weighted by molar-refractivity contribution is 9.08. The van der Waals surface area contributed by atoms with Crippen LogP contribution >= 0.6 is 31.9 Å². The van der Waals surface area contributed by atoms with Crippen molar-refractivity contribution in [2.75, 3.05) is 0 Å². The molecule has 1 heterocycles. The molecule has 0 saturated carbocycles. The lowest BCUT2D eigenvalue weighted by molar-refractivity contribution is 0.266.